The van der Waals surface area contributed by atoms with Crippen molar-refractivity contribution in [2.45, 2.75) is 11.3 Å². The van der Waals surface area contributed by atoms with Crippen LogP contribution >= 0.6 is 23.1 Å². The second kappa shape index (κ2) is 8.11. The van der Waals surface area contributed by atoms with Gasteiger partial charge in [0, 0.05) is 28.0 Å². The number of hydrogen-bond acceptors (Lipinski definition) is 6. The minimum Gasteiger partial charge on any atom is -0.302 e. The van der Waals surface area contributed by atoms with Gasteiger partial charge in [-0.05, 0) is 24.0 Å². The first-order chi connectivity index (χ1) is 12.5. The quantitative estimate of drug-likeness (QED) is 0.380. The van der Waals surface area contributed by atoms with Crippen LogP contribution in [-0.4, -0.2) is 22.1 Å². The number of benzene rings is 2. The normalized spacial score (nSPS) is 10.5. The van der Waals surface area contributed by atoms with Crippen molar-refractivity contribution in [1.29, 1.82) is 0 Å². The number of carbonyl (C=O) groups is 1. The molecule has 8 heteroatoms. The highest BCUT2D eigenvalue weighted by Crippen LogP contribution is 2.27. The number of nitro benzene ring substituents is 1. The Morgan fingerprint density at radius 2 is 2.04 bits per heavy atom. The standard InChI is InChI=1S/C18H15N3O3S2/c1-25-15-7-5-12(6-8-15)9-17(22)20-18-19-16(11-26-18)13-3-2-4-14(10-13)21(23)24/h2-8,10-11H,9H2,1H3,(H,19,20,22). The Morgan fingerprint density at radius 1 is 1.27 bits per heavy atom. The van der Waals surface area contributed by atoms with Gasteiger partial charge in [-0.15, -0.1) is 23.1 Å². The van der Waals surface area contributed by atoms with Crippen molar-refractivity contribution in [1.82, 2.24) is 4.98 Å². The second-order valence-electron chi connectivity index (χ2n) is 5.42. The first-order valence-corrected chi connectivity index (χ1v) is 9.79. The average molecular weight is 385 g/mol. The molecule has 0 saturated carbocycles. The molecule has 0 spiro atoms. The second-order valence-corrected chi connectivity index (χ2v) is 7.16. The largest absolute Gasteiger partial charge is 0.302 e. The predicted molar refractivity (Wildman–Crippen MR) is 105 cm³/mol. The van der Waals surface area contributed by atoms with Gasteiger partial charge in [0.05, 0.1) is 17.0 Å². The Balaban J connectivity index is 1.66. The van der Waals surface area contributed by atoms with Gasteiger partial charge in [-0.2, -0.15) is 0 Å². The molecule has 1 aromatic heterocycles. The first-order valence-electron chi connectivity index (χ1n) is 7.68. The number of thiazole rings is 1. The monoisotopic (exact) mass is 385 g/mol. The van der Waals surface area contributed by atoms with E-state index in [2.05, 4.69) is 10.3 Å². The van der Waals surface area contributed by atoms with E-state index in [1.54, 1.807) is 29.3 Å². The molecule has 2 aromatic carbocycles. The maximum atomic E-state index is 12.2. The number of aromatic nitrogens is 1. The maximum absolute atomic E-state index is 12.2. The zero-order chi connectivity index (χ0) is 18.5. The molecule has 1 amide bonds. The Morgan fingerprint density at radius 3 is 2.73 bits per heavy atom. The zero-order valence-corrected chi connectivity index (χ0v) is 15.5. The summed E-state index contributed by atoms with van der Waals surface area (Å²) < 4.78 is 0. The van der Waals surface area contributed by atoms with Crippen LogP contribution in [0.3, 0.4) is 0 Å². The van der Waals surface area contributed by atoms with Gasteiger partial charge in [-0.1, -0.05) is 24.3 Å². The highest BCUT2D eigenvalue weighted by atomic mass is 32.2. The van der Waals surface area contributed by atoms with Crippen molar-refractivity contribution < 1.29 is 9.72 Å². The molecule has 132 valence electrons. The number of non-ortho nitro benzene ring substituents is 1. The van der Waals surface area contributed by atoms with Crippen LogP contribution in [-0.2, 0) is 11.2 Å². The minimum absolute atomic E-state index is 0.00905. The SMILES string of the molecule is CSc1ccc(CC(=O)Nc2nc(-c3cccc([N+](=O)[O-])c3)cs2)cc1. The van der Waals surface area contributed by atoms with Crippen LogP contribution in [0.15, 0.2) is 58.8 Å². The molecule has 0 unspecified atom stereocenters. The molecule has 6 nitrogen and oxygen atoms in total. The molecular formula is C18H15N3O3S2. The number of nitrogens with one attached hydrogen (secondary N) is 1. The number of anilines is 1. The predicted octanol–water partition coefficient (Wildman–Crippen LogP) is 4.62. The zero-order valence-electron chi connectivity index (χ0n) is 13.8. The molecule has 0 aliphatic carbocycles. The van der Waals surface area contributed by atoms with E-state index in [0.717, 1.165) is 10.5 Å². The number of carbonyl (C=O) groups excluding carboxylic acids is 1. The maximum Gasteiger partial charge on any atom is 0.270 e. The Hall–Kier alpha value is -2.71. The van der Waals surface area contributed by atoms with Gasteiger partial charge in [-0.25, -0.2) is 4.98 Å². The molecule has 0 saturated heterocycles. The summed E-state index contributed by atoms with van der Waals surface area (Å²) in [6.45, 7) is 0. The Kier molecular flexibility index (Phi) is 5.65. The van der Waals surface area contributed by atoms with Crippen molar-refractivity contribution in [3.8, 4) is 11.3 Å². The first kappa shape index (κ1) is 18.1. The van der Waals surface area contributed by atoms with E-state index in [4.69, 9.17) is 0 Å². The van der Waals surface area contributed by atoms with E-state index in [-0.39, 0.29) is 18.0 Å². The Labute approximate surface area is 158 Å². The fraction of sp³-hybridized carbons (Fsp3) is 0.111. The van der Waals surface area contributed by atoms with Crippen molar-refractivity contribution in [3.63, 3.8) is 0 Å². The van der Waals surface area contributed by atoms with Crippen LogP contribution in [0.2, 0.25) is 0 Å². The van der Waals surface area contributed by atoms with Crippen molar-refractivity contribution in [3.05, 3.63) is 69.6 Å². The van der Waals surface area contributed by atoms with Gasteiger partial charge in [0.1, 0.15) is 0 Å². The lowest BCUT2D eigenvalue weighted by molar-refractivity contribution is -0.384. The number of rotatable bonds is 6. The summed E-state index contributed by atoms with van der Waals surface area (Å²) >= 11 is 2.94. The van der Waals surface area contributed by atoms with Gasteiger partial charge >= 0.3 is 0 Å². The van der Waals surface area contributed by atoms with Crippen LogP contribution < -0.4 is 5.32 Å². The molecule has 1 heterocycles. The molecule has 3 aromatic rings. The van der Waals surface area contributed by atoms with E-state index in [1.165, 1.54) is 23.5 Å². The number of nitrogens with zero attached hydrogens (tertiary/aromatic N) is 2. The van der Waals surface area contributed by atoms with Gasteiger partial charge in [0.15, 0.2) is 5.13 Å². The third-order valence-electron chi connectivity index (χ3n) is 3.63. The molecule has 0 atom stereocenters. The molecule has 0 radical (unpaired) electrons. The highest BCUT2D eigenvalue weighted by molar-refractivity contribution is 7.98. The molecule has 0 fully saturated rings. The fourth-order valence-electron chi connectivity index (χ4n) is 2.33. The van der Waals surface area contributed by atoms with Gasteiger partial charge in [-0.3, -0.25) is 14.9 Å². The molecule has 26 heavy (non-hydrogen) atoms. The smallest absolute Gasteiger partial charge is 0.270 e. The van der Waals surface area contributed by atoms with E-state index in [0.29, 0.717) is 16.4 Å². The molecule has 1 N–H and O–H groups in total. The van der Waals surface area contributed by atoms with E-state index >= 15 is 0 Å². The lowest BCUT2D eigenvalue weighted by atomic mass is 10.1. The molecular weight excluding hydrogens is 370 g/mol. The summed E-state index contributed by atoms with van der Waals surface area (Å²) in [5.74, 6) is -0.151. The lowest BCUT2D eigenvalue weighted by Crippen LogP contribution is -2.14. The number of nitro groups is 1. The number of amides is 1. The molecule has 0 aliphatic rings. The Bertz CT molecular complexity index is 939. The van der Waals surface area contributed by atoms with Crippen LogP contribution in [0.1, 0.15) is 5.56 Å². The molecule has 0 bridgehead atoms. The van der Waals surface area contributed by atoms with Crippen molar-refractivity contribution >= 4 is 39.8 Å². The third kappa shape index (κ3) is 4.47. The van der Waals surface area contributed by atoms with Crippen LogP contribution in [0.4, 0.5) is 10.8 Å². The van der Waals surface area contributed by atoms with Crippen molar-refractivity contribution in [2.75, 3.05) is 11.6 Å². The van der Waals surface area contributed by atoms with Crippen molar-refractivity contribution in [2.24, 2.45) is 0 Å². The summed E-state index contributed by atoms with van der Waals surface area (Å²) in [5.41, 5.74) is 2.17. The summed E-state index contributed by atoms with van der Waals surface area (Å²) in [5, 5.41) is 15.9. The number of hydrogen-bond donors (Lipinski definition) is 1. The fourth-order valence-corrected chi connectivity index (χ4v) is 3.48. The van der Waals surface area contributed by atoms with E-state index < -0.39 is 4.92 Å². The highest BCUT2D eigenvalue weighted by Gasteiger charge is 2.12. The minimum atomic E-state index is -0.444. The topological polar surface area (TPSA) is 85.1 Å². The molecule has 3 rings (SSSR count). The van der Waals surface area contributed by atoms with Gasteiger partial charge < -0.3 is 5.32 Å². The van der Waals surface area contributed by atoms with Crippen LogP contribution in [0, 0.1) is 10.1 Å². The van der Waals surface area contributed by atoms with Gasteiger partial charge in [0.25, 0.3) is 5.69 Å². The van der Waals surface area contributed by atoms with E-state index in [1.807, 2.05) is 30.5 Å². The van der Waals surface area contributed by atoms with Crippen LogP contribution in [0.5, 0.6) is 0 Å². The summed E-state index contributed by atoms with van der Waals surface area (Å²) in [4.78, 5) is 28.1. The lowest BCUT2D eigenvalue weighted by Gasteiger charge is -2.03. The summed E-state index contributed by atoms with van der Waals surface area (Å²) in [6.07, 6.45) is 2.27. The van der Waals surface area contributed by atoms with Crippen LogP contribution in [0.25, 0.3) is 11.3 Å². The number of thioether (sulfide) groups is 1. The van der Waals surface area contributed by atoms with E-state index in [9.17, 15) is 14.9 Å². The third-order valence-corrected chi connectivity index (χ3v) is 5.13. The average Bonchev–Trinajstić information content (AvgIpc) is 3.10. The van der Waals surface area contributed by atoms with Gasteiger partial charge in [0.2, 0.25) is 5.91 Å². The summed E-state index contributed by atoms with van der Waals surface area (Å²) in [6, 6.07) is 14.1. The molecule has 0 aliphatic heterocycles. The summed E-state index contributed by atoms with van der Waals surface area (Å²) in [7, 11) is 0.